The molecule has 0 fully saturated rings. The molecular formula is C13H14FNO. The summed E-state index contributed by atoms with van der Waals surface area (Å²) >= 11 is 0. The van der Waals surface area contributed by atoms with Gasteiger partial charge < -0.3 is 4.57 Å². The van der Waals surface area contributed by atoms with Crippen LogP contribution in [-0.4, -0.2) is 10.4 Å². The highest BCUT2D eigenvalue weighted by atomic mass is 19.1. The van der Waals surface area contributed by atoms with Crippen molar-refractivity contribution in [2.24, 2.45) is 0 Å². The van der Waals surface area contributed by atoms with Gasteiger partial charge in [-0.05, 0) is 39.0 Å². The Morgan fingerprint density at radius 3 is 2.62 bits per heavy atom. The summed E-state index contributed by atoms with van der Waals surface area (Å²) in [5.74, 6) is -0.265. The molecular weight excluding hydrogens is 205 g/mol. The second-order valence-corrected chi connectivity index (χ2v) is 4.26. The van der Waals surface area contributed by atoms with Gasteiger partial charge in [-0.3, -0.25) is 4.79 Å². The number of hydrogen-bond acceptors (Lipinski definition) is 1. The zero-order valence-corrected chi connectivity index (χ0v) is 9.62. The number of benzene rings is 1. The van der Waals surface area contributed by atoms with Gasteiger partial charge in [0.05, 0.1) is 5.52 Å². The number of ketones is 1. The number of carbonyl (C=O) groups excluding carboxylic acids is 1. The van der Waals surface area contributed by atoms with E-state index < -0.39 is 0 Å². The lowest BCUT2D eigenvalue weighted by Gasteiger charge is -2.08. The van der Waals surface area contributed by atoms with Crippen LogP contribution in [0, 0.1) is 5.82 Å². The van der Waals surface area contributed by atoms with Crippen LogP contribution in [0.25, 0.3) is 10.9 Å². The maximum Gasteiger partial charge on any atom is 0.161 e. The van der Waals surface area contributed by atoms with Crippen LogP contribution in [0.1, 0.15) is 37.2 Å². The molecule has 1 heterocycles. The minimum absolute atomic E-state index is 0.0102. The van der Waals surface area contributed by atoms with E-state index in [1.54, 1.807) is 12.3 Å². The van der Waals surface area contributed by atoms with Gasteiger partial charge in [-0.1, -0.05) is 0 Å². The molecule has 3 heteroatoms. The maximum atomic E-state index is 13.2. The second kappa shape index (κ2) is 3.74. The van der Waals surface area contributed by atoms with Crippen LogP contribution in [0.2, 0.25) is 0 Å². The summed E-state index contributed by atoms with van der Waals surface area (Å²) in [5.41, 5.74) is 1.43. The quantitative estimate of drug-likeness (QED) is 0.708. The normalized spacial score (nSPS) is 11.3. The van der Waals surface area contributed by atoms with Gasteiger partial charge in [-0.25, -0.2) is 4.39 Å². The van der Waals surface area contributed by atoms with Crippen LogP contribution in [0.3, 0.4) is 0 Å². The maximum absolute atomic E-state index is 13.2. The zero-order chi connectivity index (χ0) is 11.9. The van der Waals surface area contributed by atoms with E-state index in [9.17, 15) is 9.18 Å². The predicted molar refractivity (Wildman–Crippen MR) is 62.3 cm³/mol. The van der Waals surface area contributed by atoms with E-state index in [2.05, 4.69) is 0 Å². The first-order valence-corrected chi connectivity index (χ1v) is 5.31. The molecule has 2 rings (SSSR count). The first kappa shape index (κ1) is 10.9. The van der Waals surface area contributed by atoms with Crippen molar-refractivity contribution in [1.29, 1.82) is 0 Å². The third-order valence-electron chi connectivity index (χ3n) is 2.73. The van der Waals surface area contributed by atoms with Crippen molar-refractivity contribution in [2.75, 3.05) is 0 Å². The fraction of sp³-hybridized carbons (Fsp3) is 0.308. The van der Waals surface area contributed by atoms with E-state index in [1.807, 2.05) is 18.4 Å². The number of halogens is 1. The number of Topliss-reactive ketones (excluding diaryl/α,β-unsaturated/α-hetero) is 1. The lowest BCUT2D eigenvalue weighted by Crippen LogP contribution is -1.98. The van der Waals surface area contributed by atoms with Gasteiger partial charge in [-0.15, -0.1) is 0 Å². The van der Waals surface area contributed by atoms with E-state index in [4.69, 9.17) is 0 Å². The van der Waals surface area contributed by atoms with Gasteiger partial charge in [0.15, 0.2) is 5.78 Å². The van der Waals surface area contributed by atoms with Gasteiger partial charge in [0, 0.05) is 23.2 Å². The molecule has 1 aromatic heterocycles. The summed E-state index contributed by atoms with van der Waals surface area (Å²) in [6, 6.07) is 4.74. The Labute approximate surface area is 93.7 Å². The van der Waals surface area contributed by atoms with Crippen LogP contribution in [0.15, 0.2) is 24.4 Å². The van der Waals surface area contributed by atoms with Crippen LogP contribution in [0.5, 0.6) is 0 Å². The molecule has 0 aliphatic heterocycles. The molecule has 84 valence electrons. The first-order chi connectivity index (χ1) is 7.50. The molecule has 0 saturated heterocycles. The Morgan fingerprint density at radius 2 is 2.06 bits per heavy atom. The molecule has 16 heavy (non-hydrogen) atoms. The number of rotatable bonds is 2. The highest BCUT2D eigenvalue weighted by Crippen LogP contribution is 2.25. The number of fused-ring (bicyclic) bond motifs is 1. The molecule has 0 aliphatic rings. The van der Waals surface area contributed by atoms with Crippen molar-refractivity contribution >= 4 is 16.7 Å². The lowest BCUT2D eigenvalue weighted by atomic mass is 10.1. The number of nitrogens with zero attached hydrogens (tertiary/aromatic N) is 1. The third kappa shape index (κ3) is 1.62. The van der Waals surface area contributed by atoms with Gasteiger partial charge in [0.25, 0.3) is 0 Å². The zero-order valence-electron chi connectivity index (χ0n) is 9.62. The second-order valence-electron chi connectivity index (χ2n) is 4.26. The summed E-state index contributed by atoms with van der Waals surface area (Å²) in [6.07, 6.45) is 1.80. The molecule has 0 radical (unpaired) electrons. The topological polar surface area (TPSA) is 22.0 Å². The largest absolute Gasteiger partial charge is 0.344 e. The molecule has 0 saturated carbocycles. The number of carbonyl (C=O) groups is 1. The fourth-order valence-electron chi connectivity index (χ4n) is 1.93. The van der Waals surface area contributed by atoms with Crippen molar-refractivity contribution in [1.82, 2.24) is 4.57 Å². The lowest BCUT2D eigenvalue weighted by molar-refractivity contribution is 0.101. The van der Waals surface area contributed by atoms with Crippen molar-refractivity contribution in [2.45, 2.75) is 26.8 Å². The van der Waals surface area contributed by atoms with Gasteiger partial charge in [-0.2, -0.15) is 0 Å². The molecule has 2 aromatic rings. The summed E-state index contributed by atoms with van der Waals surface area (Å²) in [6.45, 7) is 5.55. The van der Waals surface area contributed by atoms with Gasteiger partial charge in [0.2, 0.25) is 0 Å². The fourth-order valence-corrected chi connectivity index (χ4v) is 1.93. The summed E-state index contributed by atoms with van der Waals surface area (Å²) in [5, 5.41) is 0.822. The number of aromatic nitrogens is 1. The third-order valence-corrected chi connectivity index (χ3v) is 2.73. The summed E-state index contributed by atoms with van der Waals surface area (Å²) < 4.78 is 15.1. The molecule has 0 atom stereocenters. The average molecular weight is 219 g/mol. The van der Waals surface area contributed by atoms with Crippen molar-refractivity contribution < 1.29 is 9.18 Å². The Balaban J connectivity index is 2.81. The van der Waals surface area contributed by atoms with E-state index in [0.717, 1.165) is 10.9 Å². The SMILES string of the molecule is CC(=O)c1cn(C(C)C)c2cc(F)ccc12. The van der Waals surface area contributed by atoms with Crippen LogP contribution in [0.4, 0.5) is 4.39 Å². The van der Waals surface area contributed by atoms with Crippen molar-refractivity contribution in [3.8, 4) is 0 Å². The van der Waals surface area contributed by atoms with E-state index in [0.29, 0.717) is 5.56 Å². The van der Waals surface area contributed by atoms with Crippen LogP contribution < -0.4 is 0 Å². The molecule has 2 nitrogen and oxygen atoms in total. The van der Waals surface area contributed by atoms with E-state index in [1.165, 1.54) is 19.1 Å². The molecule has 0 aliphatic carbocycles. The summed E-state index contributed by atoms with van der Waals surface area (Å²) in [7, 11) is 0. The van der Waals surface area contributed by atoms with Gasteiger partial charge >= 0.3 is 0 Å². The van der Waals surface area contributed by atoms with Gasteiger partial charge in [0.1, 0.15) is 5.82 Å². The molecule has 0 bridgehead atoms. The Hall–Kier alpha value is -1.64. The standard InChI is InChI=1S/C13H14FNO/c1-8(2)15-7-12(9(3)16)11-5-4-10(14)6-13(11)15/h4-8H,1-3H3. The highest BCUT2D eigenvalue weighted by molar-refractivity contribution is 6.07. The smallest absolute Gasteiger partial charge is 0.161 e. The minimum atomic E-state index is -0.275. The minimum Gasteiger partial charge on any atom is -0.344 e. The molecule has 0 amide bonds. The Kier molecular flexibility index (Phi) is 2.54. The first-order valence-electron chi connectivity index (χ1n) is 5.31. The Bertz CT molecular complexity index is 554. The summed E-state index contributed by atoms with van der Waals surface area (Å²) in [4.78, 5) is 11.5. The molecule has 0 unspecified atom stereocenters. The highest BCUT2D eigenvalue weighted by Gasteiger charge is 2.13. The van der Waals surface area contributed by atoms with Crippen LogP contribution >= 0.6 is 0 Å². The van der Waals surface area contributed by atoms with E-state index in [-0.39, 0.29) is 17.6 Å². The van der Waals surface area contributed by atoms with Crippen molar-refractivity contribution in [3.63, 3.8) is 0 Å². The Morgan fingerprint density at radius 1 is 1.38 bits per heavy atom. The van der Waals surface area contributed by atoms with Crippen LogP contribution in [-0.2, 0) is 0 Å². The predicted octanol–water partition coefficient (Wildman–Crippen LogP) is 3.56. The average Bonchev–Trinajstić information content (AvgIpc) is 2.56. The molecule has 0 N–H and O–H groups in total. The molecule has 1 aromatic carbocycles. The monoisotopic (exact) mass is 219 g/mol. The molecule has 0 spiro atoms. The number of hydrogen-bond donors (Lipinski definition) is 0. The van der Waals surface area contributed by atoms with E-state index >= 15 is 0 Å². The van der Waals surface area contributed by atoms with Crippen molar-refractivity contribution in [3.05, 3.63) is 35.8 Å².